The van der Waals surface area contributed by atoms with Crippen molar-refractivity contribution in [2.24, 2.45) is 0 Å². The minimum Gasteiger partial charge on any atom is -0.327 e. The highest BCUT2D eigenvalue weighted by atomic mass is 19.4. The number of rotatable bonds is 2. The van der Waals surface area contributed by atoms with Gasteiger partial charge in [-0.2, -0.15) is 18.3 Å². The first-order chi connectivity index (χ1) is 11.7. The fourth-order valence-electron chi connectivity index (χ4n) is 3.33. The highest BCUT2D eigenvalue weighted by molar-refractivity contribution is 5.96. The lowest BCUT2D eigenvalue weighted by molar-refractivity contribution is -0.148. The van der Waals surface area contributed by atoms with Gasteiger partial charge in [-0.1, -0.05) is 0 Å². The summed E-state index contributed by atoms with van der Waals surface area (Å²) >= 11 is 0. The maximum Gasteiger partial charge on any atom is 0.451 e. The maximum absolute atomic E-state index is 13.0. The van der Waals surface area contributed by atoms with Gasteiger partial charge in [0.05, 0.1) is 17.3 Å². The third kappa shape index (κ3) is 2.69. The number of fused-ring (bicyclic) bond motifs is 1. The van der Waals surface area contributed by atoms with Gasteiger partial charge in [-0.25, -0.2) is 0 Å². The standard InChI is InChI=1S/C15H19F3N6O/c1-5-24-9(3)11(8(2)21-24)13(25)22-6-7-23-12(10(22)4)19-20-14(23)15(16,17)18/h10H,5-7H2,1-4H3. The summed E-state index contributed by atoms with van der Waals surface area (Å²) in [4.78, 5) is 14.5. The smallest absolute Gasteiger partial charge is 0.327 e. The van der Waals surface area contributed by atoms with E-state index in [9.17, 15) is 18.0 Å². The van der Waals surface area contributed by atoms with Crippen LogP contribution in [0, 0.1) is 13.8 Å². The zero-order chi connectivity index (χ0) is 18.5. The van der Waals surface area contributed by atoms with Gasteiger partial charge in [-0.05, 0) is 27.7 Å². The molecule has 0 aliphatic carbocycles. The molecule has 1 aliphatic rings. The molecule has 1 unspecified atom stereocenters. The average Bonchev–Trinajstić information content (AvgIpc) is 3.08. The highest BCUT2D eigenvalue weighted by Crippen LogP contribution is 2.33. The number of aryl methyl sites for hydroxylation is 2. The monoisotopic (exact) mass is 356 g/mol. The first-order valence-corrected chi connectivity index (χ1v) is 8.02. The van der Waals surface area contributed by atoms with Crippen LogP contribution in [0.15, 0.2) is 0 Å². The zero-order valence-corrected chi connectivity index (χ0v) is 14.4. The molecule has 2 aromatic rings. The Hall–Kier alpha value is -2.39. The third-order valence-electron chi connectivity index (χ3n) is 4.59. The fourth-order valence-corrected chi connectivity index (χ4v) is 3.33. The molecule has 0 saturated carbocycles. The molecule has 2 aromatic heterocycles. The van der Waals surface area contributed by atoms with Crippen LogP contribution in [0.25, 0.3) is 0 Å². The predicted octanol–water partition coefficient (Wildman–Crippen LogP) is 2.35. The first kappa shape index (κ1) is 17.4. The summed E-state index contributed by atoms with van der Waals surface area (Å²) in [5, 5.41) is 11.3. The Bertz CT molecular complexity index is 822. The van der Waals surface area contributed by atoms with Crippen molar-refractivity contribution < 1.29 is 18.0 Å². The Balaban J connectivity index is 1.95. The molecule has 0 fully saturated rings. The average molecular weight is 356 g/mol. The van der Waals surface area contributed by atoms with E-state index in [-0.39, 0.29) is 24.8 Å². The molecule has 0 aromatic carbocycles. The molecule has 7 nitrogen and oxygen atoms in total. The molecule has 3 rings (SSSR count). The number of halogens is 3. The van der Waals surface area contributed by atoms with Gasteiger partial charge in [0.1, 0.15) is 0 Å². The van der Waals surface area contributed by atoms with Crippen LogP contribution in [-0.4, -0.2) is 41.9 Å². The molecule has 136 valence electrons. The van der Waals surface area contributed by atoms with Gasteiger partial charge >= 0.3 is 6.18 Å². The van der Waals surface area contributed by atoms with Gasteiger partial charge in [0.25, 0.3) is 5.91 Å². The van der Waals surface area contributed by atoms with Gasteiger partial charge in [0, 0.05) is 25.3 Å². The van der Waals surface area contributed by atoms with Crippen LogP contribution in [0.4, 0.5) is 13.2 Å². The Morgan fingerprint density at radius 2 is 1.92 bits per heavy atom. The van der Waals surface area contributed by atoms with E-state index >= 15 is 0 Å². The molecule has 1 atom stereocenters. The van der Waals surface area contributed by atoms with Crippen LogP contribution in [0.5, 0.6) is 0 Å². The summed E-state index contributed by atoms with van der Waals surface area (Å²) < 4.78 is 41.8. The normalized spacial score (nSPS) is 17.7. The molecular formula is C15H19F3N6O. The summed E-state index contributed by atoms with van der Waals surface area (Å²) in [6.07, 6.45) is -4.56. The van der Waals surface area contributed by atoms with E-state index in [0.29, 0.717) is 17.8 Å². The van der Waals surface area contributed by atoms with E-state index < -0.39 is 18.0 Å². The minimum atomic E-state index is -4.56. The first-order valence-electron chi connectivity index (χ1n) is 8.02. The van der Waals surface area contributed by atoms with Gasteiger partial charge in [-0.15, -0.1) is 10.2 Å². The molecule has 10 heteroatoms. The molecule has 1 aliphatic heterocycles. The van der Waals surface area contributed by atoms with Crippen LogP contribution in [0.2, 0.25) is 0 Å². The molecule has 0 saturated heterocycles. The number of aromatic nitrogens is 5. The van der Waals surface area contributed by atoms with Crippen LogP contribution in [-0.2, 0) is 19.3 Å². The molecule has 0 radical (unpaired) electrons. The van der Waals surface area contributed by atoms with Crippen LogP contribution >= 0.6 is 0 Å². The van der Waals surface area contributed by atoms with Crippen molar-refractivity contribution in [2.45, 2.75) is 53.0 Å². The van der Waals surface area contributed by atoms with Crippen molar-refractivity contribution in [1.82, 2.24) is 29.4 Å². The Morgan fingerprint density at radius 3 is 2.48 bits per heavy atom. The van der Waals surface area contributed by atoms with Crippen molar-refractivity contribution in [3.05, 3.63) is 28.6 Å². The molecule has 3 heterocycles. The summed E-state index contributed by atoms with van der Waals surface area (Å²) in [5.74, 6) is -1.12. The number of carbonyl (C=O) groups excluding carboxylic acids is 1. The Kier molecular flexibility index (Phi) is 4.08. The number of alkyl halides is 3. The van der Waals surface area contributed by atoms with Gasteiger partial charge < -0.3 is 9.47 Å². The molecule has 0 spiro atoms. The topological polar surface area (TPSA) is 68.8 Å². The molecule has 0 bridgehead atoms. The number of amides is 1. The third-order valence-corrected chi connectivity index (χ3v) is 4.59. The lowest BCUT2D eigenvalue weighted by Crippen LogP contribution is -2.42. The van der Waals surface area contributed by atoms with Crippen LogP contribution in [0.3, 0.4) is 0 Å². The van der Waals surface area contributed by atoms with Crippen molar-refractivity contribution in [3.8, 4) is 0 Å². The second kappa shape index (κ2) is 5.85. The number of hydrogen-bond donors (Lipinski definition) is 0. The van der Waals surface area contributed by atoms with E-state index in [4.69, 9.17) is 0 Å². The molecule has 1 amide bonds. The van der Waals surface area contributed by atoms with E-state index in [1.807, 2.05) is 13.8 Å². The second-order valence-corrected chi connectivity index (χ2v) is 6.07. The van der Waals surface area contributed by atoms with Crippen LogP contribution in [0.1, 0.15) is 53.3 Å². The zero-order valence-electron chi connectivity index (χ0n) is 14.4. The van der Waals surface area contributed by atoms with Gasteiger partial charge in [0.15, 0.2) is 5.82 Å². The molecular weight excluding hydrogens is 337 g/mol. The maximum atomic E-state index is 13.0. The van der Waals surface area contributed by atoms with Crippen molar-refractivity contribution in [3.63, 3.8) is 0 Å². The summed E-state index contributed by atoms with van der Waals surface area (Å²) in [6, 6.07) is -0.603. The van der Waals surface area contributed by atoms with Crippen LogP contribution < -0.4 is 0 Å². The van der Waals surface area contributed by atoms with E-state index in [2.05, 4.69) is 15.3 Å². The van der Waals surface area contributed by atoms with Crippen molar-refractivity contribution in [1.29, 1.82) is 0 Å². The highest BCUT2D eigenvalue weighted by Gasteiger charge is 2.42. The lowest BCUT2D eigenvalue weighted by atomic mass is 10.1. The SMILES string of the molecule is CCn1nc(C)c(C(=O)N2CCn3c(nnc3C(F)(F)F)C2C)c1C. The largest absolute Gasteiger partial charge is 0.451 e. The summed E-state index contributed by atoms with van der Waals surface area (Å²) in [5.41, 5.74) is 1.86. The van der Waals surface area contributed by atoms with E-state index in [0.717, 1.165) is 10.3 Å². The van der Waals surface area contributed by atoms with E-state index in [1.54, 1.807) is 18.5 Å². The Labute approximate surface area is 142 Å². The number of nitrogens with zero attached hydrogens (tertiary/aromatic N) is 6. The lowest BCUT2D eigenvalue weighted by Gasteiger charge is -2.34. The van der Waals surface area contributed by atoms with Crippen molar-refractivity contribution >= 4 is 5.91 Å². The quantitative estimate of drug-likeness (QED) is 0.828. The van der Waals surface area contributed by atoms with Crippen molar-refractivity contribution in [2.75, 3.05) is 6.54 Å². The molecule has 0 N–H and O–H groups in total. The van der Waals surface area contributed by atoms with Gasteiger partial charge in [0.2, 0.25) is 5.82 Å². The Morgan fingerprint density at radius 1 is 1.24 bits per heavy atom. The minimum absolute atomic E-state index is 0.00721. The molecule has 25 heavy (non-hydrogen) atoms. The number of carbonyl (C=O) groups is 1. The second-order valence-electron chi connectivity index (χ2n) is 6.07. The number of hydrogen-bond acceptors (Lipinski definition) is 4. The predicted molar refractivity (Wildman–Crippen MR) is 81.9 cm³/mol. The summed E-state index contributed by atoms with van der Waals surface area (Å²) in [6.45, 7) is 7.96. The summed E-state index contributed by atoms with van der Waals surface area (Å²) in [7, 11) is 0. The van der Waals surface area contributed by atoms with Gasteiger partial charge in [-0.3, -0.25) is 9.48 Å². The van der Waals surface area contributed by atoms with E-state index in [1.165, 1.54) is 4.90 Å². The fraction of sp³-hybridized carbons (Fsp3) is 0.600.